The summed E-state index contributed by atoms with van der Waals surface area (Å²) in [6, 6.07) is 10.7. The lowest BCUT2D eigenvalue weighted by Crippen LogP contribution is -2.31. The Hall–Kier alpha value is -2.25. The van der Waals surface area contributed by atoms with Gasteiger partial charge in [0.05, 0.1) is 17.1 Å². The van der Waals surface area contributed by atoms with Crippen molar-refractivity contribution in [1.29, 1.82) is 0 Å². The summed E-state index contributed by atoms with van der Waals surface area (Å²) in [7, 11) is -3.62. The molecule has 1 heterocycles. The van der Waals surface area contributed by atoms with Crippen molar-refractivity contribution < 1.29 is 13.2 Å². The minimum absolute atomic E-state index is 0.0454. The number of hydrogen-bond donors (Lipinski definition) is 2. The van der Waals surface area contributed by atoms with Gasteiger partial charge in [0.2, 0.25) is 15.9 Å². The maximum atomic E-state index is 12.3. The summed E-state index contributed by atoms with van der Waals surface area (Å²) in [5.74, 6) is -0.232. The van der Waals surface area contributed by atoms with E-state index >= 15 is 0 Å². The number of carbonyl (C=O) groups excluding carboxylic acids is 1. The second kappa shape index (κ2) is 8.03. The zero-order valence-electron chi connectivity index (χ0n) is 13.7. The molecule has 0 aliphatic rings. The van der Waals surface area contributed by atoms with Crippen LogP contribution in [0, 0.1) is 13.8 Å². The van der Waals surface area contributed by atoms with Gasteiger partial charge in [-0.1, -0.05) is 18.2 Å². The Bertz CT molecular complexity index is 805. The first-order chi connectivity index (χ1) is 11.4. The van der Waals surface area contributed by atoms with E-state index in [0.29, 0.717) is 12.1 Å². The highest BCUT2D eigenvalue weighted by molar-refractivity contribution is 7.89. The van der Waals surface area contributed by atoms with Gasteiger partial charge in [-0.25, -0.2) is 13.1 Å². The van der Waals surface area contributed by atoms with Crippen LogP contribution in [-0.4, -0.2) is 25.9 Å². The summed E-state index contributed by atoms with van der Waals surface area (Å²) < 4.78 is 27.1. The Kier molecular flexibility index (Phi) is 6.05. The fraction of sp³-hybridized carbons (Fsp3) is 0.294. The predicted octanol–water partition coefficient (Wildman–Crippen LogP) is 1.68. The number of carbonyl (C=O) groups is 1. The Morgan fingerprint density at radius 3 is 2.67 bits per heavy atom. The van der Waals surface area contributed by atoms with Crippen LogP contribution in [0.5, 0.6) is 0 Å². The van der Waals surface area contributed by atoms with Gasteiger partial charge in [0.1, 0.15) is 0 Å². The Morgan fingerprint density at radius 2 is 1.96 bits per heavy atom. The van der Waals surface area contributed by atoms with Crippen molar-refractivity contribution >= 4 is 15.9 Å². The van der Waals surface area contributed by atoms with Crippen LogP contribution in [0.25, 0.3) is 0 Å². The Balaban J connectivity index is 1.84. The molecule has 128 valence electrons. The third-order valence-corrected chi connectivity index (χ3v) is 5.07. The maximum absolute atomic E-state index is 12.3. The summed E-state index contributed by atoms with van der Waals surface area (Å²) in [5, 5.41) is 2.71. The molecule has 0 saturated carbocycles. The molecule has 7 heteroatoms. The standard InChI is InChI=1S/C17H21N3O3S/c1-13-6-7-14(2)16(11-13)24(22,23)20-10-8-17(21)19-12-15-5-3-4-9-18-15/h3-7,9,11,20H,8,10,12H2,1-2H3,(H,19,21). The molecule has 1 amide bonds. The van der Waals surface area contributed by atoms with Crippen molar-refractivity contribution in [2.45, 2.75) is 31.7 Å². The largest absolute Gasteiger partial charge is 0.350 e. The van der Waals surface area contributed by atoms with Gasteiger partial charge in [0.15, 0.2) is 0 Å². The summed E-state index contributed by atoms with van der Waals surface area (Å²) in [4.78, 5) is 16.1. The van der Waals surface area contributed by atoms with Crippen LogP contribution in [0.4, 0.5) is 0 Å². The third kappa shape index (κ3) is 5.14. The number of aryl methyl sites for hydroxylation is 2. The Labute approximate surface area is 142 Å². The number of hydrogen-bond acceptors (Lipinski definition) is 4. The molecule has 0 bridgehead atoms. The number of pyridine rings is 1. The molecular weight excluding hydrogens is 326 g/mol. The van der Waals surface area contributed by atoms with Crippen molar-refractivity contribution in [2.75, 3.05) is 6.54 Å². The van der Waals surface area contributed by atoms with E-state index in [0.717, 1.165) is 11.3 Å². The first-order valence-corrected chi connectivity index (χ1v) is 9.10. The quantitative estimate of drug-likeness (QED) is 0.798. The predicted molar refractivity (Wildman–Crippen MR) is 91.8 cm³/mol. The lowest BCUT2D eigenvalue weighted by atomic mass is 10.2. The van der Waals surface area contributed by atoms with E-state index in [-0.39, 0.29) is 23.8 Å². The lowest BCUT2D eigenvalue weighted by molar-refractivity contribution is -0.121. The average molecular weight is 347 g/mol. The smallest absolute Gasteiger partial charge is 0.240 e. The van der Waals surface area contributed by atoms with Gasteiger partial charge in [-0.2, -0.15) is 0 Å². The highest BCUT2D eigenvalue weighted by atomic mass is 32.2. The van der Waals surface area contributed by atoms with Crippen LogP contribution in [0.15, 0.2) is 47.5 Å². The lowest BCUT2D eigenvalue weighted by Gasteiger charge is -2.10. The molecule has 0 saturated heterocycles. The fourth-order valence-corrected chi connectivity index (χ4v) is 3.51. The minimum Gasteiger partial charge on any atom is -0.350 e. The normalized spacial score (nSPS) is 11.2. The Morgan fingerprint density at radius 1 is 1.17 bits per heavy atom. The summed E-state index contributed by atoms with van der Waals surface area (Å²) in [5.41, 5.74) is 2.29. The van der Waals surface area contributed by atoms with Crippen LogP contribution in [0.2, 0.25) is 0 Å². The summed E-state index contributed by atoms with van der Waals surface area (Å²) in [6.45, 7) is 3.95. The molecule has 0 spiro atoms. The molecule has 0 fully saturated rings. The molecule has 1 aromatic carbocycles. The first-order valence-electron chi connectivity index (χ1n) is 7.62. The van der Waals surface area contributed by atoms with Gasteiger partial charge in [0.25, 0.3) is 0 Å². The van der Waals surface area contributed by atoms with Crippen LogP contribution < -0.4 is 10.0 Å². The molecule has 0 unspecified atom stereocenters. The number of benzene rings is 1. The maximum Gasteiger partial charge on any atom is 0.240 e. The van der Waals surface area contributed by atoms with Crippen molar-refractivity contribution in [1.82, 2.24) is 15.0 Å². The molecule has 24 heavy (non-hydrogen) atoms. The summed E-state index contributed by atoms with van der Waals surface area (Å²) >= 11 is 0. The molecule has 6 nitrogen and oxygen atoms in total. The average Bonchev–Trinajstić information content (AvgIpc) is 2.56. The van der Waals surface area contributed by atoms with Crippen LogP contribution in [0.1, 0.15) is 23.2 Å². The van der Waals surface area contributed by atoms with Crippen LogP contribution in [0.3, 0.4) is 0 Å². The molecule has 0 radical (unpaired) electrons. The topological polar surface area (TPSA) is 88.2 Å². The monoisotopic (exact) mass is 347 g/mol. The molecular formula is C17H21N3O3S. The number of aromatic nitrogens is 1. The van der Waals surface area contributed by atoms with Gasteiger partial charge in [0, 0.05) is 19.2 Å². The van der Waals surface area contributed by atoms with Gasteiger partial charge >= 0.3 is 0 Å². The van der Waals surface area contributed by atoms with Gasteiger partial charge < -0.3 is 5.32 Å². The number of nitrogens with one attached hydrogen (secondary N) is 2. The van der Waals surface area contributed by atoms with E-state index < -0.39 is 10.0 Å². The van der Waals surface area contributed by atoms with E-state index in [9.17, 15) is 13.2 Å². The van der Waals surface area contributed by atoms with E-state index in [1.54, 1.807) is 31.3 Å². The van der Waals surface area contributed by atoms with Crippen molar-refractivity contribution in [3.05, 3.63) is 59.4 Å². The van der Waals surface area contributed by atoms with E-state index in [2.05, 4.69) is 15.0 Å². The van der Waals surface area contributed by atoms with Crippen LogP contribution >= 0.6 is 0 Å². The van der Waals surface area contributed by atoms with Crippen molar-refractivity contribution in [2.24, 2.45) is 0 Å². The molecule has 2 N–H and O–H groups in total. The van der Waals surface area contributed by atoms with Crippen molar-refractivity contribution in [3.8, 4) is 0 Å². The SMILES string of the molecule is Cc1ccc(C)c(S(=O)(=O)NCCC(=O)NCc2ccccn2)c1. The van der Waals surface area contributed by atoms with Gasteiger partial charge in [-0.3, -0.25) is 9.78 Å². The minimum atomic E-state index is -3.62. The molecule has 0 aliphatic heterocycles. The molecule has 0 atom stereocenters. The number of nitrogens with zero attached hydrogens (tertiary/aromatic N) is 1. The first kappa shape index (κ1) is 18.1. The van der Waals surface area contributed by atoms with Crippen molar-refractivity contribution in [3.63, 3.8) is 0 Å². The molecule has 1 aromatic heterocycles. The van der Waals surface area contributed by atoms with E-state index in [1.807, 2.05) is 25.1 Å². The molecule has 2 rings (SSSR count). The number of sulfonamides is 1. The van der Waals surface area contributed by atoms with E-state index in [4.69, 9.17) is 0 Å². The highest BCUT2D eigenvalue weighted by Gasteiger charge is 2.16. The second-order valence-corrected chi connectivity index (χ2v) is 7.25. The molecule has 0 aliphatic carbocycles. The molecule has 2 aromatic rings. The zero-order chi connectivity index (χ0) is 17.6. The summed E-state index contributed by atoms with van der Waals surface area (Å²) in [6.07, 6.45) is 1.72. The number of amides is 1. The zero-order valence-corrected chi connectivity index (χ0v) is 14.6. The van der Waals surface area contributed by atoms with E-state index in [1.165, 1.54) is 0 Å². The number of rotatable bonds is 7. The second-order valence-electron chi connectivity index (χ2n) is 5.51. The van der Waals surface area contributed by atoms with Gasteiger partial charge in [-0.15, -0.1) is 0 Å². The highest BCUT2D eigenvalue weighted by Crippen LogP contribution is 2.16. The van der Waals surface area contributed by atoms with Gasteiger partial charge in [-0.05, 0) is 43.2 Å². The van der Waals surface area contributed by atoms with Crippen LogP contribution in [-0.2, 0) is 21.4 Å². The third-order valence-electron chi connectivity index (χ3n) is 3.47. The fourth-order valence-electron chi connectivity index (χ4n) is 2.15.